The largest absolute Gasteiger partial charge is 0.446 e. The molecule has 2 aliphatic rings. The highest BCUT2D eigenvalue weighted by molar-refractivity contribution is 5.64. The van der Waals surface area contributed by atoms with Crippen molar-refractivity contribution in [3.63, 3.8) is 0 Å². The normalized spacial score (nSPS) is 25.0. The van der Waals surface area contributed by atoms with Crippen LogP contribution in [-0.4, -0.2) is 52.3 Å². The minimum atomic E-state index is -0.765. The first-order chi connectivity index (χ1) is 13.1. The van der Waals surface area contributed by atoms with E-state index in [0.29, 0.717) is 32.5 Å². The van der Waals surface area contributed by atoms with Crippen LogP contribution in [-0.2, 0) is 4.74 Å². The number of carbonyl (C=O) groups is 1. The fourth-order valence-corrected chi connectivity index (χ4v) is 4.32. The van der Waals surface area contributed by atoms with Crippen molar-refractivity contribution in [2.75, 3.05) is 25.0 Å². The number of fused-ring (bicyclic) bond motifs is 1. The number of primary amides is 1. The van der Waals surface area contributed by atoms with Crippen LogP contribution >= 0.6 is 0 Å². The molecule has 1 aromatic heterocycles. The Morgan fingerprint density at radius 1 is 1.43 bits per heavy atom. The first-order valence-electron chi connectivity index (χ1n) is 9.42. The third kappa shape index (κ3) is 3.96. The molecule has 28 heavy (non-hydrogen) atoms. The third-order valence-electron chi connectivity index (χ3n) is 5.56. The van der Waals surface area contributed by atoms with Gasteiger partial charge in [-0.25, -0.2) is 4.79 Å². The molecule has 2 aliphatic heterocycles. The fraction of sp³-hybridized carbons (Fsp3) is 0.667. The van der Waals surface area contributed by atoms with Crippen molar-refractivity contribution in [1.82, 2.24) is 9.47 Å². The zero-order valence-corrected chi connectivity index (χ0v) is 16.4. The molecule has 3 heterocycles. The molecule has 1 amide bonds. The lowest BCUT2D eigenvalue weighted by Gasteiger charge is -2.46. The summed E-state index contributed by atoms with van der Waals surface area (Å²) in [6, 6.07) is 2.40. The molecule has 0 bridgehead atoms. The number of likely N-dealkylation sites (tertiary alicyclic amines) is 1. The molecule has 0 aromatic carbocycles. The average Bonchev–Trinajstić information content (AvgIpc) is 2.99. The number of piperidine rings is 1. The van der Waals surface area contributed by atoms with Crippen molar-refractivity contribution < 1.29 is 14.5 Å². The molecular weight excluding hydrogens is 366 g/mol. The fourth-order valence-electron chi connectivity index (χ4n) is 4.32. The number of rotatable bonds is 4. The van der Waals surface area contributed by atoms with Crippen LogP contribution in [0.3, 0.4) is 0 Å². The van der Waals surface area contributed by atoms with Gasteiger partial charge in [-0.1, -0.05) is 20.8 Å². The summed E-state index contributed by atoms with van der Waals surface area (Å²) in [5.41, 5.74) is 4.75. The quantitative estimate of drug-likeness (QED) is 0.587. The van der Waals surface area contributed by atoms with Crippen LogP contribution < -0.4 is 16.6 Å². The molecule has 3 N–H and O–H groups in total. The lowest BCUT2D eigenvalue weighted by molar-refractivity contribution is -0.384. The minimum absolute atomic E-state index is 0.0812. The van der Waals surface area contributed by atoms with Crippen molar-refractivity contribution in [2.45, 2.75) is 51.8 Å². The number of pyridine rings is 1. The number of hydrogen-bond donors (Lipinski definition) is 2. The summed E-state index contributed by atoms with van der Waals surface area (Å²) in [6.45, 7) is 8.08. The molecule has 0 aliphatic carbocycles. The number of ether oxygens (including phenoxy) is 1. The molecule has 1 fully saturated rings. The van der Waals surface area contributed by atoms with Gasteiger partial charge in [-0.2, -0.15) is 0 Å². The van der Waals surface area contributed by atoms with Gasteiger partial charge in [0, 0.05) is 44.2 Å². The van der Waals surface area contributed by atoms with Gasteiger partial charge in [-0.05, 0) is 11.8 Å². The molecule has 10 nitrogen and oxygen atoms in total. The molecule has 0 saturated carbocycles. The van der Waals surface area contributed by atoms with E-state index in [2.05, 4.69) is 31.0 Å². The summed E-state index contributed by atoms with van der Waals surface area (Å²) in [5.74, 6) is 0.266. The number of amides is 1. The Bertz CT molecular complexity index is 831. The third-order valence-corrected chi connectivity index (χ3v) is 5.56. The van der Waals surface area contributed by atoms with E-state index in [9.17, 15) is 19.7 Å². The average molecular weight is 393 g/mol. The standard InChI is InChI=1S/C18H27N5O5/c1-18(2,3)14-8-12(28-17(19)25)6-7-21(14)10-11-9-20-16-13(23(26)27)4-5-15(24)22(11)16/h4-5,11-12,14,20H,6-10H2,1-3H3,(H2,19,25). The van der Waals surface area contributed by atoms with Crippen LogP contribution in [0.2, 0.25) is 0 Å². The molecule has 154 valence electrons. The summed E-state index contributed by atoms with van der Waals surface area (Å²) in [6.07, 6.45) is 0.324. The molecule has 3 unspecified atom stereocenters. The Labute approximate surface area is 162 Å². The maximum Gasteiger partial charge on any atom is 0.404 e. The molecule has 3 atom stereocenters. The number of nitro groups is 1. The summed E-state index contributed by atoms with van der Waals surface area (Å²) in [4.78, 5) is 36.6. The van der Waals surface area contributed by atoms with Crippen LogP contribution in [0, 0.1) is 15.5 Å². The van der Waals surface area contributed by atoms with E-state index in [1.54, 1.807) is 0 Å². The Hall–Kier alpha value is -2.62. The van der Waals surface area contributed by atoms with Crippen LogP contribution in [0.25, 0.3) is 0 Å². The van der Waals surface area contributed by atoms with Crippen LogP contribution in [0.1, 0.15) is 39.7 Å². The van der Waals surface area contributed by atoms with Crippen molar-refractivity contribution in [2.24, 2.45) is 11.1 Å². The van der Waals surface area contributed by atoms with Crippen LogP contribution in [0.4, 0.5) is 16.3 Å². The van der Waals surface area contributed by atoms with Crippen LogP contribution in [0.15, 0.2) is 16.9 Å². The van der Waals surface area contributed by atoms with Crippen molar-refractivity contribution in [3.8, 4) is 0 Å². The molecule has 0 spiro atoms. The number of aromatic nitrogens is 1. The predicted octanol–water partition coefficient (Wildman–Crippen LogP) is 1.70. The molecule has 0 radical (unpaired) electrons. The highest BCUT2D eigenvalue weighted by Gasteiger charge is 2.40. The molecule has 1 aromatic rings. The summed E-state index contributed by atoms with van der Waals surface area (Å²) in [7, 11) is 0. The number of nitrogens with one attached hydrogen (secondary N) is 1. The second kappa shape index (κ2) is 7.42. The van der Waals surface area contributed by atoms with E-state index in [4.69, 9.17) is 10.5 Å². The van der Waals surface area contributed by atoms with Gasteiger partial charge < -0.3 is 15.8 Å². The first kappa shape index (κ1) is 20.1. The summed E-state index contributed by atoms with van der Waals surface area (Å²) in [5, 5.41) is 14.3. The maximum atomic E-state index is 12.4. The number of nitrogens with two attached hydrogens (primary N) is 1. The maximum absolute atomic E-state index is 12.4. The van der Waals surface area contributed by atoms with Gasteiger partial charge >= 0.3 is 11.8 Å². The van der Waals surface area contributed by atoms with E-state index >= 15 is 0 Å². The van der Waals surface area contributed by atoms with Gasteiger partial charge in [0.1, 0.15) is 6.10 Å². The molecular formula is C18H27N5O5. The van der Waals surface area contributed by atoms with E-state index in [0.717, 1.165) is 0 Å². The molecule has 10 heteroatoms. The van der Waals surface area contributed by atoms with E-state index in [1.165, 1.54) is 16.7 Å². The zero-order chi connectivity index (χ0) is 20.6. The Kier molecular flexibility index (Phi) is 5.33. The highest BCUT2D eigenvalue weighted by Crippen LogP contribution is 2.36. The second-order valence-corrected chi connectivity index (χ2v) is 8.53. The monoisotopic (exact) mass is 393 g/mol. The van der Waals surface area contributed by atoms with Gasteiger partial charge in [0.15, 0.2) is 5.82 Å². The molecule has 3 rings (SSSR count). The summed E-state index contributed by atoms with van der Waals surface area (Å²) >= 11 is 0. The predicted molar refractivity (Wildman–Crippen MR) is 103 cm³/mol. The van der Waals surface area contributed by atoms with E-state index < -0.39 is 11.0 Å². The van der Waals surface area contributed by atoms with Gasteiger partial charge in [-0.15, -0.1) is 0 Å². The van der Waals surface area contributed by atoms with Gasteiger partial charge in [-0.3, -0.25) is 24.4 Å². The minimum Gasteiger partial charge on any atom is -0.446 e. The smallest absolute Gasteiger partial charge is 0.404 e. The van der Waals surface area contributed by atoms with Gasteiger partial charge in [0.2, 0.25) is 0 Å². The van der Waals surface area contributed by atoms with Crippen molar-refractivity contribution in [1.29, 1.82) is 0 Å². The number of anilines is 1. The van der Waals surface area contributed by atoms with E-state index in [-0.39, 0.29) is 40.7 Å². The number of hydrogen-bond acceptors (Lipinski definition) is 7. The number of nitrogens with zero attached hydrogens (tertiary/aromatic N) is 3. The van der Waals surface area contributed by atoms with Crippen LogP contribution in [0.5, 0.6) is 0 Å². The Morgan fingerprint density at radius 3 is 2.75 bits per heavy atom. The van der Waals surface area contributed by atoms with Gasteiger partial charge in [0.05, 0.1) is 11.0 Å². The SMILES string of the molecule is CC(C)(C)C1CC(OC(N)=O)CCN1CC1CNc2c([N+](=O)[O-])ccc(=O)n21. The van der Waals surface area contributed by atoms with E-state index in [1.807, 2.05) is 0 Å². The summed E-state index contributed by atoms with van der Waals surface area (Å²) < 4.78 is 6.71. The lowest BCUT2D eigenvalue weighted by Crippen LogP contribution is -2.53. The Balaban J connectivity index is 1.83. The first-order valence-corrected chi connectivity index (χ1v) is 9.42. The van der Waals surface area contributed by atoms with Crippen molar-refractivity contribution in [3.05, 3.63) is 32.6 Å². The van der Waals surface area contributed by atoms with Gasteiger partial charge in [0.25, 0.3) is 5.56 Å². The zero-order valence-electron chi connectivity index (χ0n) is 16.4. The lowest BCUT2D eigenvalue weighted by atomic mass is 9.79. The second-order valence-electron chi connectivity index (χ2n) is 8.53. The topological polar surface area (TPSA) is 133 Å². The Morgan fingerprint density at radius 2 is 2.14 bits per heavy atom. The highest BCUT2D eigenvalue weighted by atomic mass is 16.6. The number of carbonyl (C=O) groups excluding carboxylic acids is 1. The molecule has 1 saturated heterocycles. The van der Waals surface area contributed by atoms with Crippen molar-refractivity contribution >= 4 is 17.6 Å².